The molecule has 0 aromatic heterocycles. The van der Waals surface area contributed by atoms with Crippen LogP contribution in [0.2, 0.25) is 0 Å². The molecule has 0 nitrogen and oxygen atoms in total. The Hall–Kier alpha value is -0.430. The summed E-state index contributed by atoms with van der Waals surface area (Å²) in [6.07, 6.45) is 4.30. The predicted octanol–water partition coefficient (Wildman–Crippen LogP) is 4.99. The third kappa shape index (κ3) is 1.58. The summed E-state index contributed by atoms with van der Waals surface area (Å²) in [6.45, 7) is 7.52. The average molecular weight is 246 g/mol. The fourth-order valence-corrected chi connectivity index (χ4v) is 5.62. The van der Waals surface area contributed by atoms with Crippen LogP contribution in [0.15, 0.2) is 35.2 Å². The van der Waals surface area contributed by atoms with Gasteiger partial charge < -0.3 is 0 Å². The Morgan fingerprint density at radius 2 is 1.82 bits per heavy atom. The van der Waals surface area contributed by atoms with Crippen LogP contribution in [-0.4, -0.2) is 5.25 Å². The second-order valence-electron chi connectivity index (χ2n) is 6.53. The van der Waals surface area contributed by atoms with Crippen molar-refractivity contribution in [1.29, 1.82) is 0 Å². The minimum Gasteiger partial charge on any atom is -0.122 e. The van der Waals surface area contributed by atoms with Gasteiger partial charge in [0.05, 0.1) is 0 Å². The van der Waals surface area contributed by atoms with Gasteiger partial charge in [0.1, 0.15) is 0 Å². The standard InChI is InChI=1S/C16H22S/c1-15(2)12-9-10-16(15,3)14(11-12)17-13-7-5-4-6-8-13/h4-8,12,14H,9-11H2,1-3H3/t12-,14-,16+/m1/s1. The van der Waals surface area contributed by atoms with Gasteiger partial charge in [-0.2, -0.15) is 0 Å². The Balaban J connectivity index is 1.83. The highest BCUT2D eigenvalue weighted by Crippen LogP contribution is 2.68. The molecule has 0 radical (unpaired) electrons. The third-order valence-electron chi connectivity index (χ3n) is 5.74. The molecule has 92 valence electrons. The van der Waals surface area contributed by atoms with Crippen LogP contribution >= 0.6 is 11.8 Å². The minimum absolute atomic E-state index is 0.540. The molecule has 0 spiro atoms. The molecule has 2 aliphatic rings. The van der Waals surface area contributed by atoms with Gasteiger partial charge in [0.15, 0.2) is 0 Å². The van der Waals surface area contributed by atoms with Crippen LogP contribution in [0.25, 0.3) is 0 Å². The van der Waals surface area contributed by atoms with Gasteiger partial charge in [-0.25, -0.2) is 0 Å². The van der Waals surface area contributed by atoms with E-state index in [1.54, 1.807) is 0 Å². The number of thioether (sulfide) groups is 1. The Kier molecular flexibility index (Phi) is 2.59. The second-order valence-corrected chi connectivity index (χ2v) is 7.81. The molecule has 1 aromatic carbocycles. The van der Waals surface area contributed by atoms with E-state index < -0.39 is 0 Å². The van der Waals surface area contributed by atoms with E-state index in [2.05, 4.69) is 62.9 Å². The Bertz CT molecular complexity index is 409. The van der Waals surface area contributed by atoms with Gasteiger partial charge in [0.25, 0.3) is 0 Å². The maximum Gasteiger partial charge on any atom is 0.0156 e. The summed E-state index contributed by atoms with van der Waals surface area (Å²) < 4.78 is 0. The van der Waals surface area contributed by atoms with E-state index in [9.17, 15) is 0 Å². The van der Waals surface area contributed by atoms with Gasteiger partial charge in [-0.15, -0.1) is 11.8 Å². The highest BCUT2D eigenvalue weighted by Gasteiger charge is 2.61. The lowest BCUT2D eigenvalue weighted by molar-refractivity contribution is 0.156. The van der Waals surface area contributed by atoms with Gasteiger partial charge in [-0.3, -0.25) is 0 Å². The monoisotopic (exact) mass is 246 g/mol. The van der Waals surface area contributed by atoms with E-state index in [0.29, 0.717) is 10.8 Å². The Morgan fingerprint density at radius 1 is 1.12 bits per heavy atom. The second kappa shape index (κ2) is 3.78. The van der Waals surface area contributed by atoms with Crippen molar-refractivity contribution in [1.82, 2.24) is 0 Å². The summed E-state index contributed by atoms with van der Waals surface area (Å²) in [6, 6.07) is 10.9. The highest BCUT2D eigenvalue weighted by molar-refractivity contribution is 8.00. The van der Waals surface area contributed by atoms with Crippen molar-refractivity contribution < 1.29 is 0 Å². The van der Waals surface area contributed by atoms with Crippen LogP contribution in [-0.2, 0) is 0 Å². The highest BCUT2D eigenvalue weighted by atomic mass is 32.2. The SMILES string of the molecule is CC1(C)[C@@H]2CC[C@@]1(C)[C@H](Sc1ccccc1)C2. The summed E-state index contributed by atoms with van der Waals surface area (Å²) in [4.78, 5) is 1.45. The summed E-state index contributed by atoms with van der Waals surface area (Å²) >= 11 is 2.12. The molecular formula is C16H22S. The molecular weight excluding hydrogens is 224 g/mol. The lowest BCUT2D eigenvalue weighted by Crippen LogP contribution is -2.33. The van der Waals surface area contributed by atoms with Crippen molar-refractivity contribution in [2.45, 2.75) is 50.2 Å². The molecule has 3 atom stereocenters. The predicted molar refractivity (Wildman–Crippen MR) is 75.3 cm³/mol. The quantitative estimate of drug-likeness (QED) is 0.708. The first-order valence-corrected chi connectivity index (χ1v) is 7.64. The Labute approximate surface area is 109 Å². The van der Waals surface area contributed by atoms with E-state index in [1.807, 2.05) is 0 Å². The fourth-order valence-electron chi connectivity index (χ4n) is 3.97. The topological polar surface area (TPSA) is 0 Å². The lowest BCUT2D eigenvalue weighted by Gasteiger charge is -2.39. The molecule has 0 heterocycles. The van der Waals surface area contributed by atoms with Crippen LogP contribution in [0.1, 0.15) is 40.0 Å². The molecule has 3 rings (SSSR count). The number of hydrogen-bond acceptors (Lipinski definition) is 1. The molecule has 17 heavy (non-hydrogen) atoms. The van der Waals surface area contributed by atoms with Gasteiger partial charge >= 0.3 is 0 Å². The average Bonchev–Trinajstić information content (AvgIpc) is 2.63. The summed E-state index contributed by atoms with van der Waals surface area (Å²) in [7, 11) is 0. The number of benzene rings is 1. The van der Waals surface area contributed by atoms with Crippen LogP contribution in [0, 0.1) is 16.7 Å². The minimum atomic E-state index is 0.540. The number of hydrogen-bond donors (Lipinski definition) is 0. The Morgan fingerprint density at radius 3 is 2.35 bits per heavy atom. The maximum absolute atomic E-state index is 2.53. The smallest absolute Gasteiger partial charge is 0.0156 e. The first-order valence-electron chi connectivity index (χ1n) is 6.76. The van der Waals surface area contributed by atoms with Gasteiger partial charge in [0, 0.05) is 10.1 Å². The van der Waals surface area contributed by atoms with E-state index in [1.165, 1.54) is 24.2 Å². The molecule has 0 aliphatic heterocycles. The normalized spacial score (nSPS) is 38.5. The van der Waals surface area contributed by atoms with E-state index in [-0.39, 0.29) is 0 Å². The van der Waals surface area contributed by atoms with Crippen molar-refractivity contribution in [2.75, 3.05) is 0 Å². The van der Waals surface area contributed by atoms with Gasteiger partial charge in [-0.1, -0.05) is 39.0 Å². The molecule has 0 unspecified atom stereocenters. The number of rotatable bonds is 2. The zero-order chi connectivity index (χ0) is 12.1. The molecule has 0 amide bonds. The van der Waals surface area contributed by atoms with Crippen molar-refractivity contribution in [3.05, 3.63) is 30.3 Å². The molecule has 1 heteroatoms. The van der Waals surface area contributed by atoms with Crippen molar-refractivity contribution in [3.63, 3.8) is 0 Å². The molecule has 2 saturated carbocycles. The first kappa shape index (κ1) is 11.6. The van der Waals surface area contributed by atoms with Gasteiger partial charge in [0.2, 0.25) is 0 Å². The van der Waals surface area contributed by atoms with Crippen LogP contribution in [0.5, 0.6) is 0 Å². The fraction of sp³-hybridized carbons (Fsp3) is 0.625. The zero-order valence-corrected chi connectivity index (χ0v) is 11.9. The number of fused-ring (bicyclic) bond motifs is 2. The molecule has 2 fully saturated rings. The summed E-state index contributed by atoms with van der Waals surface area (Å²) in [5.74, 6) is 0.953. The van der Waals surface area contributed by atoms with Crippen LogP contribution in [0.3, 0.4) is 0 Å². The maximum atomic E-state index is 2.53. The summed E-state index contributed by atoms with van der Waals surface area (Å²) in [5.41, 5.74) is 1.08. The molecule has 2 aliphatic carbocycles. The largest absolute Gasteiger partial charge is 0.122 e. The van der Waals surface area contributed by atoms with Crippen molar-refractivity contribution >= 4 is 11.8 Å². The zero-order valence-electron chi connectivity index (χ0n) is 11.1. The third-order valence-corrected chi connectivity index (χ3v) is 7.28. The molecule has 0 saturated heterocycles. The van der Waals surface area contributed by atoms with Crippen LogP contribution in [0.4, 0.5) is 0 Å². The van der Waals surface area contributed by atoms with Crippen LogP contribution < -0.4 is 0 Å². The van der Waals surface area contributed by atoms with Crippen molar-refractivity contribution in [3.8, 4) is 0 Å². The lowest BCUT2D eigenvalue weighted by atomic mass is 9.71. The molecule has 0 N–H and O–H groups in total. The molecule has 1 aromatic rings. The molecule has 2 bridgehead atoms. The summed E-state index contributed by atoms with van der Waals surface area (Å²) in [5, 5.41) is 0.818. The van der Waals surface area contributed by atoms with E-state index >= 15 is 0 Å². The first-order chi connectivity index (χ1) is 8.04. The van der Waals surface area contributed by atoms with Gasteiger partial charge in [-0.05, 0) is 48.1 Å². The van der Waals surface area contributed by atoms with E-state index in [0.717, 1.165) is 11.2 Å². The van der Waals surface area contributed by atoms with E-state index in [4.69, 9.17) is 0 Å². The van der Waals surface area contributed by atoms with Crippen molar-refractivity contribution in [2.24, 2.45) is 16.7 Å².